The molecule has 0 fully saturated rings. The van der Waals surface area contributed by atoms with Crippen LogP contribution in [-0.4, -0.2) is 34.3 Å². The average molecular weight is 382 g/mol. The maximum atomic E-state index is 13.7. The van der Waals surface area contributed by atoms with E-state index in [1.165, 1.54) is 13.0 Å². The Balaban J connectivity index is 1.92. The zero-order chi connectivity index (χ0) is 20.3. The van der Waals surface area contributed by atoms with Crippen LogP contribution in [0.25, 0.3) is 16.9 Å². The number of carbonyl (C=O) groups excluding carboxylic acids is 2. The van der Waals surface area contributed by atoms with Crippen molar-refractivity contribution in [3.05, 3.63) is 59.2 Å². The molecular weight excluding hydrogens is 359 g/mol. The molecule has 2 N–H and O–H groups in total. The highest BCUT2D eigenvalue weighted by atomic mass is 19.1. The van der Waals surface area contributed by atoms with Crippen molar-refractivity contribution in [1.82, 2.24) is 20.0 Å². The molecule has 7 heteroatoms. The van der Waals surface area contributed by atoms with Crippen LogP contribution in [0.3, 0.4) is 0 Å². The van der Waals surface area contributed by atoms with Gasteiger partial charge in [-0.25, -0.2) is 9.37 Å². The molecular formula is C21H23FN4O2. The molecule has 0 aliphatic rings. The van der Waals surface area contributed by atoms with Gasteiger partial charge in [0.15, 0.2) is 0 Å². The van der Waals surface area contributed by atoms with Crippen molar-refractivity contribution < 1.29 is 14.0 Å². The molecule has 3 aromatic rings. The van der Waals surface area contributed by atoms with E-state index in [-0.39, 0.29) is 24.1 Å². The number of carbonyl (C=O) groups is 2. The first-order valence-corrected chi connectivity index (χ1v) is 9.10. The predicted molar refractivity (Wildman–Crippen MR) is 105 cm³/mol. The van der Waals surface area contributed by atoms with Crippen LogP contribution in [0.4, 0.5) is 4.39 Å². The van der Waals surface area contributed by atoms with Crippen LogP contribution in [0.15, 0.2) is 36.5 Å². The molecule has 2 aromatic heterocycles. The Morgan fingerprint density at radius 3 is 2.57 bits per heavy atom. The highest BCUT2D eigenvalue weighted by Crippen LogP contribution is 2.27. The summed E-state index contributed by atoms with van der Waals surface area (Å²) in [5, 5.41) is 5.44. The Morgan fingerprint density at radius 1 is 1.11 bits per heavy atom. The van der Waals surface area contributed by atoms with Gasteiger partial charge < -0.3 is 15.0 Å². The van der Waals surface area contributed by atoms with E-state index in [1.807, 2.05) is 29.7 Å². The minimum atomic E-state index is -0.277. The van der Waals surface area contributed by atoms with Gasteiger partial charge in [0.1, 0.15) is 11.5 Å². The van der Waals surface area contributed by atoms with Crippen LogP contribution in [0.2, 0.25) is 0 Å². The molecule has 2 heterocycles. The predicted octanol–water partition coefficient (Wildman–Crippen LogP) is 2.55. The van der Waals surface area contributed by atoms with E-state index in [0.717, 1.165) is 22.5 Å². The monoisotopic (exact) mass is 382 g/mol. The van der Waals surface area contributed by atoms with Crippen molar-refractivity contribution in [3.8, 4) is 11.3 Å². The van der Waals surface area contributed by atoms with Crippen LogP contribution >= 0.6 is 0 Å². The van der Waals surface area contributed by atoms with Crippen molar-refractivity contribution in [2.24, 2.45) is 0 Å². The maximum Gasteiger partial charge on any atom is 0.226 e. The van der Waals surface area contributed by atoms with Crippen LogP contribution in [-0.2, 0) is 16.0 Å². The number of amides is 2. The third-order valence-corrected chi connectivity index (χ3v) is 4.45. The third-order valence-electron chi connectivity index (χ3n) is 4.45. The Kier molecular flexibility index (Phi) is 5.73. The quantitative estimate of drug-likeness (QED) is 0.644. The van der Waals surface area contributed by atoms with Gasteiger partial charge in [-0.1, -0.05) is 6.07 Å². The number of rotatable bonds is 6. The smallest absolute Gasteiger partial charge is 0.226 e. The van der Waals surface area contributed by atoms with Crippen molar-refractivity contribution >= 4 is 17.5 Å². The molecule has 0 saturated carbocycles. The fourth-order valence-electron chi connectivity index (χ4n) is 3.05. The van der Waals surface area contributed by atoms with Crippen molar-refractivity contribution in [1.29, 1.82) is 0 Å². The molecule has 0 saturated heterocycles. The standard InChI is InChI=1S/C21H23FN4O2/c1-13-4-7-19-25-21(16-5-6-17(22)14(2)10-16)18(26(19)12-13)11-20(28)24-9-8-23-15(3)27/h4-7,10,12H,8-9,11H2,1-3H3,(H,23,27)(H,24,28). The van der Waals surface area contributed by atoms with E-state index in [4.69, 9.17) is 0 Å². The summed E-state index contributed by atoms with van der Waals surface area (Å²) < 4.78 is 15.6. The molecule has 0 atom stereocenters. The zero-order valence-corrected chi connectivity index (χ0v) is 16.2. The Bertz CT molecular complexity index is 1040. The van der Waals surface area contributed by atoms with E-state index in [0.29, 0.717) is 24.3 Å². The summed E-state index contributed by atoms with van der Waals surface area (Å²) in [5.41, 5.74) is 4.45. The van der Waals surface area contributed by atoms with E-state index >= 15 is 0 Å². The van der Waals surface area contributed by atoms with E-state index in [9.17, 15) is 14.0 Å². The molecule has 0 spiro atoms. The first kappa shape index (κ1) is 19.5. The summed E-state index contributed by atoms with van der Waals surface area (Å²) in [4.78, 5) is 28.0. The molecule has 3 rings (SSSR count). The number of aromatic nitrogens is 2. The van der Waals surface area contributed by atoms with E-state index < -0.39 is 0 Å². The molecule has 28 heavy (non-hydrogen) atoms. The van der Waals surface area contributed by atoms with Crippen LogP contribution in [0, 0.1) is 19.7 Å². The fraction of sp³-hybridized carbons (Fsp3) is 0.286. The first-order chi connectivity index (χ1) is 13.3. The van der Waals surface area contributed by atoms with Crippen LogP contribution < -0.4 is 10.6 Å². The second-order valence-electron chi connectivity index (χ2n) is 6.82. The van der Waals surface area contributed by atoms with Gasteiger partial charge in [0.05, 0.1) is 17.8 Å². The van der Waals surface area contributed by atoms with Gasteiger partial charge in [0.25, 0.3) is 0 Å². The SMILES string of the molecule is CC(=O)NCCNC(=O)Cc1c(-c2ccc(F)c(C)c2)nc2ccc(C)cn12. The summed E-state index contributed by atoms with van der Waals surface area (Å²) >= 11 is 0. The lowest BCUT2D eigenvalue weighted by Gasteiger charge is -2.09. The van der Waals surface area contributed by atoms with Crippen LogP contribution in [0.5, 0.6) is 0 Å². The number of benzene rings is 1. The minimum Gasteiger partial charge on any atom is -0.355 e. The average Bonchev–Trinajstić information content (AvgIpc) is 2.98. The topological polar surface area (TPSA) is 75.5 Å². The molecule has 0 bridgehead atoms. The summed E-state index contributed by atoms with van der Waals surface area (Å²) in [6, 6.07) is 8.68. The van der Waals surface area contributed by atoms with Crippen molar-refractivity contribution in [3.63, 3.8) is 0 Å². The number of halogens is 1. The maximum absolute atomic E-state index is 13.7. The normalized spacial score (nSPS) is 10.9. The number of hydrogen-bond donors (Lipinski definition) is 2. The summed E-state index contributed by atoms with van der Waals surface area (Å²) in [5.74, 6) is -0.588. The summed E-state index contributed by atoms with van der Waals surface area (Å²) in [6.07, 6.45) is 2.05. The second-order valence-corrected chi connectivity index (χ2v) is 6.82. The van der Waals surface area contributed by atoms with Gasteiger partial charge in [0.2, 0.25) is 11.8 Å². The Morgan fingerprint density at radius 2 is 1.86 bits per heavy atom. The highest BCUT2D eigenvalue weighted by Gasteiger charge is 2.18. The number of imidazole rings is 1. The van der Waals surface area contributed by atoms with Gasteiger partial charge in [-0.05, 0) is 49.2 Å². The number of nitrogens with one attached hydrogen (secondary N) is 2. The Labute approximate surface area is 162 Å². The summed E-state index contributed by atoms with van der Waals surface area (Å²) in [6.45, 7) is 5.82. The van der Waals surface area contributed by atoms with E-state index in [1.54, 1.807) is 19.1 Å². The summed E-state index contributed by atoms with van der Waals surface area (Å²) in [7, 11) is 0. The van der Waals surface area contributed by atoms with Crippen molar-refractivity contribution in [2.45, 2.75) is 27.2 Å². The number of hydrogen-bond acceptors (Lipinski definition) is 3. The van der Waals surface area contributed by atoms with Gasteiger partial charge in [-0.2, -0.15) is 0 Å². The van der Waals surface area contributed by atoms with E-state index in [2.05, 4.69) is 15.6 Å². The van der Waals surface area contributed by atoms with Gasteiger partial charge in [-0.15, -0.1) is 0 Å². The van der Waals surface area contributed by atoms with Gasteiger partial charge >= 0.3 is 0 Å². The molecule has 0 aliphatic carbocycles. The van der Waals surface area contributed by atoms with Gasteiger partial charge in [-0.3, -0.25) is 9.59 Å². The number of nitrogens with zero attached hydrogens (tertiary/aromatic N) is 2. The van der Waals surface area contributed by atoms with Crippen molar-refractivity contribution in [2.75, 3.05) is 13.1 Å². The molecule has 2 amide bonds. The molecule has 6 nitrogen and oxygen atoms in total. The number of aryl methyl sites for hydroxylation is 2. The largest absolute Gasteiger partial charge is 0.355 e. The molecule has 0 aliphatic heterocycles. The van der Waals surface area contributed by atoms with Crippen LogP contribution in [0.1, 0.15) is 23.7 Å². The highest BCUT2D eigenvalue weighted by molar-refractivity contribution is 5.81. The Hall–Kier alpha value is -3.22. The second kappa shape index (κ2) is 8.21. The molecule has 1 aromatic carbocycles. The zero-order valence-electron chi connectivity index (χ0n) is 16.2. The molecule has 0 radical (unpaired) electrons. The fourth-order valence-corrected chi connectivity index (χ4v) is 3.05. The number of fused-ring (bicyclic) bond motifs is 1. The molecule has 0 unspecified atom stereocenters. The first-order valence-electron chi connectivity index (χ1n) is 9.10. The lowest BCUT2D eigenvalue weighted by molar-refractivity contribution is -0.121. The minimum absolute atomic E-state index is 0.121. The number of pyridine rings is 1. The van der Waals surface area contributed by atoms with Gasteiger partial charge in [0, 0.05) is 31.8 Å². The lowest BCUT2D eigenvalue weighted by Crippen LogP contribution is -2.34. The molecule has 146 valence electrons. The third kappa shape index (κ3) is 4.36. The lowest BCUT2D eigenvalue weighted by atomic mass is 10.1.